The Bertz CT molecular complexity index is 1160. The average Bonchev–Trinajstić information content (AvgIpc) is 3.06. The zero-order valence-electron chi connectivity index (χ0n) is 16.0. The predicted molar refractivity (Wildman–Crippen MR) is 114 cm³/mol. The minimum atomic E-state index is -0.581. The van der Waals surface area contributed by atoms with Gasteiger partial charge in [-0.15, -0.1) is 0 Å². The molecule has 0 spiro atoms. The molecule has 29 heavy (non-hydrogen) atoms. The van der Waals surface area contributed by atoms with Crippen LogP contribution in [0, 0.1) is 0 Å². The van der Waals surface area contributed by atoms with E-state index in [0.717, 1.165) is 11.1 Å². The van der Waals surface area contributed by atoms with Crippen LogP contribution in [0.1, 0.15) is 22.3 Å². The highest BCUT2D eigenvalue weighted by atomic mass is 16.5. The van der Waals surface area contributed by atoms with Gasteiger partial charge in [-0.2, -0.15) is 0 Å². The van der Waals surface area contributed by atoms with Gasteiger partial charge in [0, 0.05) is 0 Å². The van der Waals surface area contributed by atoms with Crippen molar-refractivity contribution in [1.29, 1.82) is 0 Å². The van der Waals surface area contributed by atoms with Crippen LogP contribution in [0.15, 0.2) is 91.0 Å². The molecule has 4 aromatic rings. The van der Waals surface area contributed by atoms with Crippen LogP contribution in [0.3, 0.4) is 0 Å². The van der Waals surface area contributed by atoms with Crippen molar-refractivity contribution < 1.29 is 14.9 Å². The Morgan fingerprint density at radius 2 is 1.21 bits per heavy atom. The topological polar surface area (TPSA) is 49.7 Å². The second-order valence-electron chi connectivity index (χ2n) is 7.27. The van der Waals surface area contributed by atoms with Crippen molar-refractivity contribution in [2.24, 2.45) is 0 Å². The molecule has 1 aliphatic carbocycles. The zero-order chi connectivity index (χ0) is 20.0. The van der Waals surface area contributed by atoms with E-state index in [2.05, 4.69) is 48.5 Å². The molecule has 0 saturated heterocycles. The van der Waals surface area contributed by atoms with Gasteiger partial charge in [-0.25, -0.2) is 0 Å². The molecule has 0 saturated carbocycles. The summed E-state index contributed by atoms with van der Waals surface area (Å²) in [7, 11) is 1.56. The highest BCUT2D eigenvalue weighted by Gasteiger charge is 2.46. The summed E-state index contributed by atoms with van der Waals surface area (Å²) < 4.78 is 5.43. The van der Waals surface area contributed by atoms with E-state index in [0.29, 0.717) is 5.75 Å². The summed E-state index contributed by atoms with van der Waals surface area (Å²) in [5.74, 6) is 0.769. The van der Waals surface area contributed by atoms with E-state index in [1.54, 1.807) is 25.3 Å². The summed E-state index contributed by atoms with van der Waals surface area (Å²) in [5, 5.41) is 20.1. The van der Waals surface area contributed by atoms with Crippen molar-refractivity contribution in [2.75, 3.05) is 7.11 Å². The SMILES string of the molecule is COc1cc(C2(c3ccc(O)cc3)c3ccccc3-c3ccccc32)ccc1O. The largest absolute Gasteiger partial charge is 0.508 e. The Kier molecular flexibility index (Phi) is 3.85. The first-order valence-electron chi connectivity index (χ1n) is 9.52. The Hall–Kier alpha value is -3.72. The number of methoxy groups -OCH3 is 1. The molecule has 0 heterocycles. The van der Waals surface area contributed by atoms with E-state index in [-0.39, 0.29) is 11.5 Å². The van der Waals surface area contributed by atoms with Gasteiger partial charge in [-0.1, -0.05) is 66.7 Å². The summed E-state index contributed by atoms with van der Waals surface area (Å²) >= 11 is 0. The number of aromatic hydroxyl groups is 2. The molecule has 5 rings (SSSR count). The van der Waals surface area contributed by atoms with Crippen molar-refractivity contribution >= 4 is 0 Å². The van der Waals surface area contributed by atoms with Gasteiger partial charge >= 0.3 is 0 Å². The molecule has 1 aliphatic rings. The highest BCUT2D eigenvalue weighted by molar-refractivity contribution is 5.86. The summed E-state index contributed by atoms with van der Waals surface area (Å²) in [4.78, 5) is 0. The third-order valence-corrected chi connectivity index (χ3v) is 5.87. The summed E-state index contributed by atoms with van der Waals surface area (Å²) in [6, 6.07) is 29.7. The molecular weight excluding hydrogens is 360 g/mol. The molecule has 142 valence electrons. The van der Waals surface area contributed by atoms with Gasteiger partial charge in [-0.05, 0) is 57.6 Å². The normalized spacial score (nSPS) is 13.6. The van der Waals surface area contributed by atoms with Crippen molar-refractivity contribution in [3.05, 3.63) is 113 Å². The Balaban J connectivity index is 1.94. The minimum Gasteiger partial charge on any atom is -0.508 e. The van der Waals surface area contributed by atoms with Gasteiger partial charge in [0.1, 0.15) is 5.75 Å². The maximum absolute atomic E-state index is 10.2. The standard InChI is InChI=1S/C26H20O3/c1-29-25-16-18(12-15-24(25)28)26(17-10-13-19(27)14-11-17)22-8-4-2-6-20(22)21-7-3-5-9-23(21)26/h2-16,27-28H,1H3. The fraction of sp³-hybridized carbons (Fsp3) is 0.0769. The molecule has 0 aliphatic heterocycles. The van der Waals surface area contributed by atoms with Gasteiger partial charge in [-0.3, -0.25) is 0 Å². The summed E-state index contributed by atoms with van der Waals surface area (Å²) in [6.45, 7) is 0. The minimum absolute atomic E-state index is 0.108. The van der Waals surface area contributed by atoms with E-state index < -0.39 is 5.41 Å². The molecule has 0 fully saturated rings. The van der Waals surface area contributed by atoms with Crippen LogP contribution in [0.4, 0.5) is 0 Å². The fourth-order valence-corrected chi connectivity index (χ4v) is 4.65. The highest BCUT2D eigenvalue weighted by Crippen LogP contribution is 2.56. The second-order valence-corrected chi connectivity index (χ2v) is 7.27. The van der Waals surface area contributed by atoms with Crippen LogP contribution in [0.2, 0.25) is 0 Å². The van der Waals surface area contributed by atoms with Crippen molar-refractivity contribution in [2.45, 2.75) is 5.41 Å². The monoisotopic (exact) mass is 380 g/mol. The van der Waals surface area contributed by atoms with Crippen LogP contribution < -0.4 is 4.74 Å². The third kappa shape index (κ3) is 2.37. The Morgan fingerprint density at radius 1 is 0.655 bits per heavy atom. The van der Waals surface area contributed by atoms with Crippen LogP contribution in [-0.4, -0.2) is 17.3 Å². The maximum Gasteiger partial charge on any atom is 0.160 e. The van der Waals surface area contributed by atoms with Gasteiger partial charge < -0.3 is 14.9 Å². The van der Waals surface area contributed by atoms with E-state index in [4.69, 9.17) is 4.74 Å². The van der Waals surface area contributed by atoms with Crippen LogP contribution in [0.25, 0.3) is 11.1 Å². The van der Waals surface area contributed by atoms with E-state index >= 15 is 0 Å². The molecule has 0 atom stereocenters. The third-order valence-electron chi connectivity index (χ3n) is 5.87. The molecule has 0 unspecified atom stereocenters. The van der Waals surface area contributed by atoms with Crippen molar-refractivity contribution in [3.63, 3.8) is 0 Å². The van der Waals surface area contributed by atoms with E-state index in [1.807, 2.05) is 24.3 Å². The van der Waals surface area contributed by atoms with E-state index in [9.17, 15) is 10.2 Å². The number of phenolic OH excluding ortho intramolecular Hbond substituents is 2. The van der Waals surface area contributed by atoms with Crippen LogP contribution in [-0.2, 0) is 5.41 Å². The quantitative estimate of drug-likeness (QED) is 0.436. The Morgan fingerprint density at radius 3 is 1.79 bits per heavy atom. The molecule has 0 aromatic heterocycles. The first-order chi connectivity index (χ1) is 14.2. The second kappa shape index (κ2) is 6.42. The molecule has 4 aromatic carbocycles. The van der Waals surface area contributed by atoms with Crippen molar-refractivity contribution in [3.8, 4) is 28.4 Å². The number of hydrogen-bond acceptors (Lipinski definition) is 3. The number of fused-ring (bicyclic) bond motifs is 3. The lowest BCUT2D eigenvalue weighted by molar-refractivity contribution is 0.372. The molecule has 0 amide bonds. The van der Waals surface area contributed by atoms with Crippen LogP contribution in [0.5, 0.6) is 17.2 Å². The first kappa shape index (κ1) is 17.4. The molecule has 3 nitrogen and oxygen atoms in total. The predicted octanol–water partition coefficient (Wildman–Crippen LogP) is 5.47. The molecule has 0 radical (unpaired) electrons. The summed E-state index contributed by atoms with van der Waals surface area (Å²) in [5.41, 5.74) is 6.16. The van der Waals surface area contributed by atoms with E-state index in [1.165, 1.54) is 22.3 Å². The molecule has 2 N–H and O–H groups in total. The molecule has 0 bridgehead atoms. The number of benzene rings is 4. The number of phenols is 2. The maximum atomic E-state index is 10.2. The number of hydrogen-bond donors (Lipinski definition) is 2. The number of ether oxygens (including phenoxy) is 1. The first-order valence-corrected chi connectivity index (χ1v) is 9.52. The van der Waals surface area contributed by atoms with Crippen LogP contribution >= 0.6 is 0 Å². The van der Waals surface area contributed by atoms with Gasteiger partial charge in [0.25, 0.3) is 0 Å². The van der Waals surface area contributed by atoms with Gasteiger partial charge in [0.2, 0.25) is 0 Å². The van der Waals surface area contributed by atoms with Crippen molar-refractivity contribution in [1.82, 2.24) is 0 Å². The summed E-state index contributed by atoms with van der Waals surface area (Å²) in [6.07, 6.45) is 0. The van der Waals surface area contributed by atoms with Gasteiger partial charge in [0.15, 0.2) is 11.5 Å². The van der Waals surface area contributed by atoms with Gasteiger partial charge in [0.05, 0.1) is 12.5 Å². The average molecular weight is 380 g/mol. The number of rotatable bonds is 3. The molecular formula is C26H20O3. The lowest BCUT2D eigenvalue weighted by atomic mass is 9.67. The smallest absolute Gasteiger partial charge is 0.160 e. The molecule has 3 heteroatoms. The lowest BCUT2D eigenvalue weighted by Gasteiger charge is -2.34. The lowest BCUT2D eigenvalue weighted by Crippen LogP contribution is -2.28. The fourth-order valence-electron chi connectivity index (χ4n) is 4.65. The zero-order valence-corrected chi connectivity index (χ0v) is 16.0. The Labute approximate surface area is 169 Å².